The zero-order chi connectivity index (χ0) is 26.1. The van der Waals surface area contributed by atoms with Gasteiger partial charge in [0.1, 0.15) is 11.8 Å². The van der Waals surface area contributed by atoms with E-state index in [2.05, 4.69) is 43.4 Å². The number of aryl methyl sites for hydroxylation is 2. The van der Waals surface area contributed by atoms with E-state index in [9.17, 15) is 4.79 Å². The first-order valence-corrected chi connectivity index (χ1v) is 13.1. The maximum atomic E-state index is 13.8. The van der Waals surface area contributed by atoms with Gasteiger partial charge in [0, 0.05) is 29.9 Å². The third kappa shape index (κ3) is 4.65. The average Bonchev–Trinajstić information content (AvgIpc) is 3.71. The molecule has 0 radical (unpaired) electrons. The Balaban J connectivity index is 1.56. The minimum Gasteiger partial charge on any atom is -0.468 e. The molecule has 1 aliphatic rings. The minimum absolute atomic E-state index is 0.146. The number of hydrogen-bond donors (Lipinski definition) is 1. The molecule has 1 aromatic carbocycles. The highest BCUT2D eigenvalue weighted by Crippen LogP contribution is 2.35. The molecule has 0 spiro atoms. The molecule has 0 saturated heterocycles. The van der Waals surface area contributed by atoms with Crippen LogP contribution in [0.1, 0.15) is 71.6 Å². The van der Waals surface area contributed by atoms with Crippen LogP contribution >= 0.6 is 0 Å². The molecule has 1 N–H and O–H groups in total. The van der Waals surface area contributed by atoms with Gasteiger partial charge in [-0.1, -0.05) is 31.0 Å². The van der Waals surface area contributed by atoms with Gasteiger partial charge in [0.25, 0.3) is 5.56 Å². The van der Waals surface area contributed by atoms with E-state index in [1.165, 1.54) is 0 Å². The van der Waals surface area contributed by atoms with Crippen LogP contribution in [0.5, 0.6) is 0 Å². The average molecular weight is 510 g/mol. The fourth-order valence-corrected chi connectivity index (χ4v) is 5.65. The summed E-state index contributed by atoms with van der Waals surface area (Å²) >= 11 is 0. The van der Waals surface area contributed by atoms with Crippen LogP contribution < -0.4 is 5.56 Å². The van der Waals surface area contributed by atoms with Gasteiger partial charge in [0.15, 0.2) is 5.82 Å². The Morgan fingerprint density at radius 2 is 1.95 bits per heavy atom. The van der Waals surface area contributed by atoms with Crippen LogP contribution in [0.3, 0.4) is 0 Å². The van der Waals surface area contributed by atoms with E-state index in [0.29, 0.717) is 24.5 Å². The maximum absolute atomic E-state index is 13.8. The molecule has 1 fully saturated rings. The lowest BCUT2D eigenvalue weighted by molar-refractivity contribution is 0.176. The topological polar surface area (TPSA) is 106 Å². The molecule has 194 valence electrons. The summed E-state index contributed by atoms with van der Waals surface area (Å²) in [5, 5.41) is 14.1. The van der Waals surface area contributed by atoms with Crippen molar-refractivity contribution in [2.24, 2.45) is 0 Å². The van der Waals surface area contributed by atoms with E-state index >= 15 is 0 Å². The summed E-state index contributed by atoms with van der Waals surface area (Å²) in [4.78, 5) is 23.5. The van der Waals surface area contributed by atoms with E-state index in [1.54, 1.807) is 12.5 Å². The van der Waals surface area contributed by atoms with Crippen molar-refractivity contribution in [2.75, 3.05) is 0 Å². The Hall–Kier alpha value is -4.11. The highest BCUT2D eigenvalue weighted by Gasteiger charge is 2.34. The van der Waals surface area contributed by atoms with Gasteiger partial charge in [-0.3, -0.25) is 14.7 Å². The summed E-state index contributed by atoms with van der Waals surface area (Å²) in [5.74, 6) is 1.46. The standard InChI is InChI=1S/C29H31N7O2/c1-19-11-12-20(2)26-24(19)15-25(29(37)31-26)27(28-32-33-34-36(28)22-8-3-4-9-22)35(18-23-10-6-14-38-23)17-21-7-5-13-30-16-21/h5-7,10-16,22,27H,3-4,8-9,17-18H2,1-2H3,(H,31,37). The number of fused-ring (bicyclic) bond motifs is 1. The second-order valence-electron chi connectivity index (χ2n) is 10.2. The monoisotopic (exact) mass is 509 g/mol. The molecule has 9 nitrogen and oxygen atoms in total. The molecule has 38 heavy (non-hydrogen) atoms. The largest absolute Gasteiger partial charge is 0.468 e. The van der Waals surface area contributed by atoms with Crippen LogP contribution in [-0.4, -0.2) is 35.1 Å². The SMILES string of the molecule is Cc1ccc(C)c2[nH]c(=O)c(C(c3nnnn3C3CCCC3)N(Cc3cccnc3)Cc3ccco3)cc12. The molecule has 0 amide bonds. The van der Waals surface area contributed by atoms with Crippen LogP contribution in [0.2, 0.25) is 0 Å². The Labute approximate surface area is 220 Å². The third-order valence-corrected chi connectivity index (χ3v) is 7.61. The van der Waals surface area contributed by atoms with Gasteiger partial charge in [-0.05, 0) is 78.1 Å². The van der Waals surface area contributed by atoms with Crippen molar-refractivity contribution in [3.63, 3.8) is 0 Å². The van der Waals surface area contributed by atoms with E-state index in [4.69, 9.17) is 4.42 Å². The van der Waals surface area contributed by atoms with Crippen molar-refractivity contribution in [3.05, 3.63) is 105 Å². The number of tetrazole rings is 1. The molecule has 1 unspecified atom stereocenters. The lowest BCUT2D eigenvalue weighted by Gasteiger charge is -2.31. The van der Waals surface area contributed by atoms with Gasteiger partial charge in [-0.15, -0.1) is 5.10 Å². The zero-order valence-corrected chi connectivity index (χ0v) is 21.7. The molecule has 6 rings (SSSR count). The van der Waals surface area contributed by atoms with Crippen LogP contribution in [0, 0.1) is 13.8 Å². The molecule has 5 aromatic rings. The Kier molecular flexibility index (Phi) is 6.59. The quantitative estimate of drug-likeness (QED) is 0.313. The molecule has 9 heteroatoms. The molecule has 0 bridgehead atoms. The summed E-state index contributed by atoms with van der Waals surface area (Å²) in [6, 6.07) is 13.6. The van der Waals surface area contributed by atoms with Crippen LogP contribution in [0.15, 0.2) is 70.3 Å². The normalized spacial score (nSPS) is 15.0. The number of H-pyrrole nitrogens is 1. The highest BCUT2D eigenvalue weighted by molar-refractivity contribution is 5.85. The number of hydrogen-bond acceptors (Lipinski definition) is 7. The van der Waals surface area contributed by atoms with Gasteiger partial charge in [0.2, 0.25) is 0 Å². The van der Waals surface area contributed by atoms with Gasteiger partial charge >= 0.3 is 0 Å². The van der Waals surface area contributed by atoms with Gasteiger partial charge in [0.05, 0.1) is 24.4 Å². The van der Waals surface area contributed by atoms with E-state index in [0.717, 1.165) is 59.0 Å². The Morgan fingerprint density at radius 3 is 2.71 bits per heavy atom. The fraction of sp³-hybridized carbons (Fsp3) is 0.345. The van der Waals surface area contributed by atoms with Crippen LogP contribution in [0.4, 0.5) is 0 Å². The third-order valence-electron chi connectivity index (χ3n) is 7.61. The Bertz CT molecular complexity index is 1580. The van der Waals surface area contributed by atoms with Crippen molar-refractivity contribution in [1.82, 2.24) is 35.1 Å². The summed E-state index contributed by atoms with van der Waals surface area (Å²) in [6.07, 6.45) is 9.63. The smallest absolute Gasteiger partial charge is 0.253 e. The minimum atomic E-state index is -0.510. The molecule has 0 aliphatic heterocycles. The van der Waals surface area contributed by atoms with Crippen molar-refractivity contribution in [1.29, 1.82) is 0 Å². The first-order valence-electron chi connectivity index (χ1n) is 13.1. The summed E-state index contributed by atoms with van der Waals surface area (Å²) in [6.45, 7) is 5.08. The summed E-state index contributed by atoms with van der Waals surface area (Å²) < 4.78 is 7.72. The zero-order valence-electron chi connectivity index (χ0n) is 21.7. The number of furan rings is 1. The fourth-order valence-electron chi connectivity index (χ4n) is 5.65. The predicted molar refractivity (Wildman–Crippen MR) is 143 cm³/mol. The van der Waals surface area contributed by atoms with Gasteiger partial charge in [-0.2, -0.15) is 0 Å². The second kappa shape index (κ2) is 10.3. The molecule has 1 saturated carbocycles. The summed E-state index contributed by atoms with van der Waals surface area (Å²) in [5.41, 5.74) is 4.47. The van der Waals surface area contributed by atoms with Crippen molar-refractivity contribution in [2.45, 2.75) is 64.7 Å². The number of aromatic amines is 1. The van der Waals surface area contributed by atoms with Crippen LogP contribution in [0.25, 0.3) is 10.9 Å². The molecule has 4 aromatic heterocycles. The second-order valence-corrected chi connectivity index (χ2v) is 10.2. The maximum Gasteiger partial charge on any atom is 0.253 e. The highest BCUT2D eigenvalue weighted by atomic mass is 16.3. The molecule has 1 aliphatic carbocycles. The van der Waals surface area contributed by atoms with Gasteiger partial charge in [-0.25, -0.2) is 4.68 Å². The first kappa shape index (κ1) is 24.2. The van der Waals surface area contributed by atoms with Crippen molar-refractivity contribution >= 4 is 10.9 Å². The number of pyridine rings is 2. The van der Waals surface area contributed by atoms with Crippen molar-refractivity contribution < 1.29 is 4.42 Å². The van der Waals surface area contributed by atoms with E-state index in [-0.39, 0.29) is 11.6 Å². The molecular weight excluding hydrogens is 478 g/mol. The molecular formula is C29H31N7O2. The molecule has 4 heterocycles. The number of rotatable bonds is 8. The van der Waals surface area contributed by atoms with Crippen LogP contribution in [-0.2, 0) is 13.1 Å². The predicted octanol–water partition coefficient (Wildman–Crippen LogP) is 5.03. The molecule has 1 atom stereocenters. The Morgan fingerprint density at radius 1 is 1.11 bits per heavy atom. The first-order chi connectivity index (χ1) is 18.6. The van der Waals surface area contributed by atoms with E-state index in [1.807, 2.05) is 54.2 Å². The van der Waals surface area contributed by atoms with E-state index < -0.39 is 6.04 Å². The number of nitrogens with zero attached hydrogens (tertiary/aromatic N) is 6. The van der Waals surface area contributed by atoms with Crippen molar-refractivity contribution in [3.8, 4) is 0 Å². The van der Waals surface area contributed by atoms with Gasteiger partial charge < -0.3 is 9.40 Å². The summed E-state index contributed by atoms with van der Waals surface area (Å²) in [7, 11) is 0. The number of aromatic nitrogens is 6. The lowest BCUT2D eigenvalue weighted by atomic mass is 9.98. The number of benzene rings is 1. The lowest BCUT2D eigenvalue weighted by Crippen LogP contribution is -2.35. The number of nitrogens with one attached hydrogen (secondary N) is 1.